The first-order chi connectivity index (χ1) is 12.2. The van der Waals surface area contributed by atoms with Crippen LogP contribution < -0.4 is 10.1 Å². The number of amides is 1. The third-order valence-corrected chi connectivity index (χ3v) is 4.59. The molecule has 0 bridgehead atoms. The van der Waals surface area contributed by atoms with Crippen LogP contribution in [0.2, 0.25) is 0 Å². The van der Waals surface area contributed by atoms with Crippen LogP contribution in [0.4, 0.5) is 0 Å². The summed E-state index contributed by atoms with van der Waals surface area (Å²) in [7, 11) is 1.61. The van der Waals surface area contributed by atoms with Crippen LogP contribution >= 0.6 is 11.8 Å². The molecule has 0 aliphatic rings. The molecule has 0 fully saturated rings. The number of furan rings is 1. The zero-order chi connectivity index (χ0) is 17.6. The number of hydrogen-bond donors (Lipinski definition) is 1. The number of nitrogens with zero attached hydrogens (tertiary/aromatic N) is 3. The number of carbonyl (C=O) groups excluding carboxylic acids is 1. The van der Waals surface area contributed by atoms with Crippen molar-refractivity contribution >= 4 is 17.7 Å². The van der Waals surface area contributed by atoms with Gasteiger partial charge in [-0.15, -0.1) is 10.2 Å². The van der Waals surface area contributed by atoms with Gasteiger partial charge >= 0.3 is 0 Å². The summed E-state index contributed by atoms with van der Waals surface area (Å²) in [6.45, 7) is 2.18. The van der Waals surface area contributed by atoms with Gasteiger partial charge in [0, 0.05) is 0 Å². The summed E-state index contributed by atoms with van der Waals surface area (Å²) in [5, 5.41) is 11.2. The van der Waals surface area contributed by atoms with E-state index in [1.54, 1.807) is 30.3 Å². The van der Waals surface area contributed by atoms with Crippen molar-refractivity contribution < 1.29 is 13.9 Å². The Morgan fingerprint density at radius 1 is 1.36 bits per heavy atom. The van der Waals surface area contributed by atoms with Gasteiger partial charge in [-0.1, -0.05) is 23.9 Å². The second-order valence-electron chi connectivity index (χ2n) is 5.21. The molecule has 3 rings (SSSR count). The zero-order valence-corrected chi connectivity index (χ0v) is 14.7. The van der Waals surface area contributed by atoms with Crippen LogP contribution in [-0.2, 0) is 11.3 Å². The van der Waals surface area contributed by atoms with E-state index in [1.807, 2.05) is 37.3 Å². The van der Waals surface area contributed by atoms with Gasteiger partial charge < -0.3 is 14.5 Å². The summed E-state index contributed by atoms with van der Waals surface area (Å²) in [6, 6.07) is 11.2. The Morgan fingerprint density at radius 3 is 2.96 bits per heavy atom. The number of methoxy groups -OCH3 is 1. The van der Waals surface area contributed by atoms with Crippen LogP contribution in [0.25, 0.3) is 5.69 Å². The summed E-state index contributed by atoms with van der Waals surface area (Å²) in [4.78, 5) is 12.3. The van der Waals surface area contributed by atoms with Gasteiger partial charge in [-0.2, -0.15) is 0 Å². The van der Waals surface area contributed by atoms with Crippen molar-refractivity contribution in [3.8, 4) is 11.4 Å². The molecule has 0 aliphatic carbocycles. The van der Waals surface area contributed by atoms with E-state index < -0.39 is 0 Å². The number of hydrogen-bond acceptors (Lipinski definition) is 6. The minimum Gasteiger partial charge on any atom is -0.495 e. The van der Waals surface area contributed by atoms with Gasteiger partial charge in [0.1, 0.15) is 17.8 Å². The Morgan fingerprint density at radius 2 is 2.20 bits per heavy atom. The molecule has 7 nitrogen and oxygen atoms in total. The molecular weight excluding hydrogens is 340 g/mol. The maximum absolute atomic E-state index is 12.3. The highest BCUT2D eigenvalue weighted by molar-refractivity contribution is 8.00. The first-order valence-corrected chi connectivity index (χ1v) is 8.57. The lowest BCUT2D eigenvalue weighted by Crippen LogP contribution is -2.30. The molecule has 3 aromatic rings. The Hall–Kier alpha value is -2.74. The van der Waals surface area contributed by atoms with Gasteiger partial charge in [0.25, 0.3) is 0 Å². The molecule has 8 heteroatoms. The lowest BCUT2D eigenvalue weighted by Gasteiger charge is -2.13. The molecule has 0 aliphatic heterocycles. The molecule has 25 heavy (non-hydrogen) atoms. The summed E-state index contributed by atoms with van der Waals surface area (Å²) >= 11 is 1.33. The fourth-order valence-electron chi connectivity index (χ4n) is 2.24. The number of aromatic nitrogens is 3. The second kappa shape index (κ2) is 7.89. The predicted octanol–water partition coefficient (Wildman–Crippen LogP) is 2.67. The molecule has 1 aromatic carbocycles. The van der Waals surface area contributed by atoms with E-state index in [9.17, 15) is 4.79 Å². The molecule has 2 heterocycles. The van der Waals surface area contributed by atoms with Crippen molar-refractivity contribution in [2.24, 2.45) is 0 Å². The number of rotatable bonds is 7. The van der Waals surface area contributed by atoms with Crippen LogP contribution in [-0.4, -0.2) is 33.0 Å². The fourth-order valence-corrected chi connectivity index (χ4v) is 3.10. The van der Waals surface area contributed by atoms with Gasteiger partial charge in [0.2, 0.25) is 5.91 Å². The third kappa shape index (κ3) is 4.03. The second-order valence-corrected chi connectivity index (χ2v) is 6.52. The normalized spacial score (nSPS) is 11.9. The lowest BCUT2D eigenvalue weighted by molar-refractivity contribution is -0.120. The van der Waals surface area contributed by atoms with Gasteiger partial charge in [-0.25, -0.2) is 0 Å². The highest BCUT2D eigenvalue weighted by Gasteiger charge is 2.19. The maximum Gasteiger partial charge on any atom is 0.233 e. The monoisotopic (exact) mass is 358 g/mol. The van der Waals surface area contributed by atoms with Gasteiger partial charge in [-0.05, 0) is 31.2 Å². The average Bonchev–Trinajstić information content (AvgIpc) is 3.31. The minimum absolute atomic E-state index is 0.101. The van der Waals surface area contributed by atoms with E-state index in [-0.39, 0.29) is 11.2 Å². The summed E-state index contributed by atoms with van der Waals surface area (Å²) in [5.74, 6) is 1.32. The highest BCUT2D eigenvalue weighted by Crippen LogP contribution is 2.28. The Labute approximate surface area is 149 Å². The molecule has 0 spiro atoms. The fraction of sp³-hybridized carbons (Fsp3) is 0.235. The van der Waals surface area contributed by atoms with Crippen LogP contribution in [0, 0.1) is 0 Å². The average molecular weight is 358 g/mol. The van der Waals surface area contributed by atoms with Crippen molar-refractivity contribution in [1.29, 1.82) is 0 Å². The van der Waals surface area contributed by atoms with Gasteiger partial charge in [-0.3, -0.25) is 9.36 Å². The van der Waals surface area contributed by atoms with Crippen molar-refractivity contribution in [2.75, 3.05) is 7.11 Å². The number of carbonyl (C=O) groups is 1. The van der Waals surface area contributed by atoms with E-state index >= 15 is 0 Å². The number of thioether (sulfide) groups is 1. The van der Waals surface area contributed by atoms with E-state index in [0.717, 1.165) is 5.69 Å². The first kappa shape index (κ1) is 17.1. The number of benzene rings is 1. The quantitative estimate of drug-likeness (QED) is 0.654. The molecule has 1 amide bonds. The van der Waals surface area contributed by atoms with Crippen LogP contribution in [0.15, 0.2) is 58.6 Å². The Kier molecular flexibility index (Phi) is 5.39. The van der Waals surface area contributed by atoms with Crippen molar-refractivity contribution in [3.05, 3.63) is 54.7 Å². The Bertz CT molecular complexity index is 832. The third-order valence-electron chi connectivity index (χ3n) is 3.53. The minimum atomic E-state index is -0.340. The first-order valence-electron chi connectivity index (χ1n) is 7.69. The molecule has 130 valence electrons. The molecule has 0 unspecified atom stereocenters. The molecule has 1 atom stereocenters. The molecule has 2 aromatic heterocycles. The number of nitrogens with one attached hydrogen (secondary N) is 1. The molecule has 0 saturated carbocycles. The predicted molar refractivity (Wildman–Crippen MR) is 93.8 cm³/mol. The summed E-state index contributed by atoms with van der Waals surface area (Å²) in [6.07, 6.45) is 3.18. The van der Waals surface area contributed by atoms with E-state index in [0.29, 0.717) is 23.2 Å². The summed E-state index contributed by atoms with van der Waals surface area (Å²) < 4.78 is 12.4. The molecule has 0 radical (unpaired) electrons. The maximum atomic E-state index is 12.3. The molecule has 0 saturated heterocycles. The standard InChI is InChI=1S/C17H18N4O3S/c1-12(16(22)18-10-13-6-5-9-24-13)25-17-20-19-11-21(17)14-7-3-4-8-15(14)23-2/h3-9,11-12H,10H2,1-2H3,(H,18,22)/t12-/m1/s1. The largest absolute Gasteiger partial charge is 0.495 e. The topological polar surface area (TPSA) is 82.2 Å². The molecular formula is C17H18N4O3S. The van der Waals surface area contributed by atoms with Crippen LogP contribution in [0.3, 0.4) is 0 Å². The van der Waals surface area contributed by atoms with Crippen LogP contribution in [0.1, 0.15) is 12.7 Å². The van der Waals surface area contributed by atoms with E-state index in [4.69, 9.17) is 9.15 Å². The zero-order valence-electron chi connectivity index (χ0n) is 13.9. The molecule has 1 N–H and O–H groups in total. The number of ether oxygens (including phenoxy) is 1. The van der Waals surface area contributed by atoms with Crippen LogP contribution in [0.5, 0.6) is 5.75 Å². The van der Waals surface area contributed by atoms with Gasteiger partial charge in [0.15, 0.2) is 5.16 Å². The lowest BCUT2D eigenvalue weighted by atomic mass is 10.3. The van der Waals surface area contributed by atoms with Crippen molar-refractivity contribution in [3.63, 3.8) is 0 Å². The van der Waals surface area contributed by atoms with Crippen molar-refractivity contribution in [1.82, 2.24) is 20.1 Å². The number of para-hydroxylation sites is 2. The summed E-state index contributed by atoms with van der Waals surface area (Å²) in [5.41, 5.74) is 0.820. The SMILES string of the molecule is COc1ccccc1-n1cnnc1S[C@H](C)C(=O)NCc1ccco1. The highest BCUT2D eigenvalue weighted by atomic mass is 32.2. The van der Waals surface area contributed by atoms with E-state index in [1.165, 1.54) is 11.8 Å². The van der Waals surface area contributed by atoms with E-state index in [2.05, 4.69) is 15.5 Å². The Balaban J connectivity index is 1.69. The van der Waals surface area contributed by atoms with Crippen molar-refractivity contribution in [2.45, 2.75) is 23.9 Å². The smallest absolute Gasteiger partial charge is 0.233 e. The van der Waals surface area contributed by atoms with Gasteiger partial charge in [0.05, 0.1) is 30.9 Å².